The Labute approximate surface area is 128 Å². The third kappa shape index (κ3) is 2.90. The average Bonchev–Trinajstić information content (AvgIpc) is 2.63. The van der Waals surface area contributed by atoms with E-state index in [9.17, 15) is 4.79 Å². The summed E-state index contributed by atoms with van der Waals surface area (Å²) in [4.78, 5) is 12.3. The van der Waals surface area contributed by atoms with E-state index in [2.05, 4.69) is 47.4 Å². The molecule has 0 spiro atoms. The molecule has 4 nitrogen and oxygen atoms in total. The Bertz CT molecular complexity index is 607. The fourth-order valence-electron chi connectivity index (χ4n) is 1.88. The molecule has 0 aliphatic rings. The predicted molar refractivity (Wildman–Crippen MR) is 82.6 cm³/mol. The Morgan fingerprint density at radius 3 is 2.26 bits per heavy atom. The van der Waals surface area contributed by atoms with Crippen LogP contribution in [-0.4, -0.2) is 16.1 Å². The second-order valence-corrected chi connectivity index (χ2v) is 6.08. The largest absolute Gasteiger partial charge is 0.320 e. The standard InChI is InChI=1S/C13H13Br2N3O/c1-6-4-9(14)12(10(15)5-6)16-13(19)11-7(2)17-18-8(11)3/h4-5H,1-3H3,(H,16,19)(H,17,18). The highest BCUT2D eigenvalue weighted by atomic mass is 79.9. The van der Waals surface area contributed by atoms with Crippen LogP contribution in [0.1, 0.15) is 27.3 Å². The van der Waals surface area contributed by atoms with Crippen LogP contribution in [0, 0.1) is 20.8 Å². The lowest BCUT2D eigenvalue weighted by Crippen LogP contribution is -2.14. The lowest BCUT2D eigenvalue weighted by molar-refractivity contribution is 0.102. The van der Waals surface area contributed by atoms with Gasteiger partial charge in [0.15, 0.2) is 0 Å². The van der Waals surface area contributed by atoms with Gasteiger partial charge in [-0.1, -0.05) is 0 Å². The normalized spacial score (nSPS) is 10.6. The number of nitrogens with zero attached hydrogens (tertiary/aromatic N) is 1. The molecule has 0 fully saturated rings. The van der Waals surface area contributed by atoms with Gasteiger partial charge in [0.25, 0.3) is 5.91 Å². The van der Waals surface area contributed by atoms with Crippen LogP contribution in [0.5, 0.6) is 0 Å². The minimum Gasteiger partial charge on any atom is -0.320 e. The van der Waals surface area contributed by atoms with Gasteiger partial charge < -0.3 is 5.32 Å². The number of hydrogen-bond acceptors (Lipinski definition) is 2. The molecule has 0 unspecified atom stereocenters. The summed E-state index contributed by atoms with van der Waals surface area (Å²) in [6, 6.07) is 3.91. The van der Waals surface area contributed by atoms with Crippen molar-refractivity contribution in [3.8, 4) is 0 Å². The van der Waals surface area contributed by atoms with E-state index in [0.29, 0.717) is 11.3 Å². The SMILES string of the molecule is Cc1cc(Br)c(NC(=O)c2c(C)n[nH]c2C)c(Br)c1. The highest BCUT2D eigenvalue weighted by Crippen LogP contribution is 2.32. The van der Waals surface area contributed by atoms with Gasteiger partial charge in [0.05, 0.1) is 16.9 Å². The van der Waals surface area contributed by atoms with Crippen LogP contribution in [-0.2, 0) is 0 Å². The second kappa shape index (κ2) is 5.46. The zero-order chi connectivity index (χ0) is 14.2. The van der Waals surface area contributed by atoms with Crippen molar-refractivity contribution in [1.29, 1.82) is 0 Å². The van der Waals surface area contributed by atoms with Gasteiger partial charge in [0.2, 0.25) is 0 Å². The Hall–Kier alpha value is -1.14. The maximum absolute atomic E-state index is 12.3. The maximum Gasteiger partial charge on any atom is 0.259 e. The number of H-pyrrole nitrogens is 1. The van der Waals surface area contributed by atoms with Crippen LogP contribution in [0.2, 0.25) is 0 Å². The van der Waals surface area contributed by atoms with Crippen LogP contribution < -0.4 is 5.32 Å². The number of amides is 1. The second-order valence-electron chi connectivity index (χ2n) is 4.37. The third-order valence-electron chi connectivity index (χ3n) is 2.78. The minimum atomic E-state index is -0.172. The van der Waals surface area contributed by atoms with Gasteiger partial charge in [-0.2, -0.15) is 5.10 Å². The van der Waals surface area contributed by atoms with Crippen molar-refractivity contribution < 1.29 is 4.79 Å². The van der Waals surface area contributed by atoms with Crippen molar-refractivity contribution in [2.75, 3.05) is 5.32 Å². The number of carbonyl (C=O) groups excluding carboxylic acids is 1. The van der Waals surface area contributed by atoms with Gasteiger partial charge in [-0.15, -0.1) is 0 Å². The van der Waals surface area contributed by atoms with Crippen molar-refractivity contribution >= 4 is 43.5 Å². The van der Waals surface area contributed by atoms with Gasteiger partial charge in [-0.05, 0) is 70.3 Å². The average molecular weight is 387 g/mol. The molecule has 0 radical (unpaired) electrons. The molecule has 19 heavy (non-hydrogen) atoms. The number of anilines is 1. The summed E-state index contributed by atoms with van der Waals surface area (Å²) in [6.45, 7) is 5.62. The van der Waals surface area contributed by atoms with E-state index in [1.165, 1.54) is 0 Å². The number of nitrogens with one attached hydrogen (secondary N) is 2. The minimum absolute atomic E-state index is 0.172. The van der Waals surface area contributed by atoms with E-state index < -0.39 is 0 Å². The van der Waals surface area contributed by atoms with Gasteiger partial charge in [-0.3, -0.25) is 9.89 Å². The molecule has 2 aromatic rings. The van der Waals surface area contributed by atoms with E-state index in [4.69, 9.17) is 0 Å². The molecule has 0 aliphatic carbocycles. The number of hydrogen-bond donors (Lipinski definition) is 2. The summed E-state index contributed by atoms with van der Waals surface area (Å²) in [6.07, 6.45) is 0. The molecule has 0 saturated heterocycles. The first-order valence-electron chi connectivity index (χ1n) is 5.68. The van der Waals surface area contributed by atoms with E-state index in [1.54, 1.807) is 6.92 Å². The quantitative estimate of drug-likeness (QED) is 0.815. The molecule has 2 N–H and O–H groups in total. The lowest BCUT2D eigenvalue weighted by Gasteiger charge is -2.11. The lowest BCUT2D eigenvalue weighted by atomic mass is 10.1. The number of aromatic amines is 1. The van der Waals surface area contributed by atoms with Gasteiger partial charge in [-0.25, -0.2) is 0 Å². The first-order chi connectivity index (χ1) is 8.90. The fraction of sp³-hybridized carbons (Fsp3) is 0.231. The summed E-state index contributed by atoms with van der Waals surface area (Å²) < 4.78 is 1.68. The Morgan fingerprint density at radius 2 is 1.79 bits per heavy atom. The molecule has 0 aliphatic heterocycles. The first-order valence-corrected chi connectivity index (χ1v) is 7.27. The maximum atomic E-state index is 12.3. The van der Waals surface area contributed by atoms with E-state index >= 15 is 0 Å². The Kier molecular flexibility index (Phi) is 4.10. The molecular formula is C13H13Br2N3O. The number of aryl methyl sites for hydroxylation is 3. The van der Waals surface area contributed by atoms with Gasteiger partial charge >= 0.3 is 0 Å². The number of benzene rings is 1. The van der Waals surface area contributed by atoms with E-state index in [-0.39, 0.29) is 5.91 Å². The molecule has 0 saturated carbocycles. The number of halogens is 2. The fourth-order valence-corrected chi connectivity index (χ4v) is 3.49. The zero-order valence-corrected chi connectivity index (χ0v) is 13.9. The Balaban J connectivity index is 2.35. The molecule has 1 aromatic carbocycles. The molecule has 6 heteroatoms. The summed E-state index contributed by atoms with van der Waals surface area (Å²) in [5, 5.41) is 9.73. The number of aromatic nitrogens is 2. The topological polar surface area (TPSA) is 57.8 Å². The van der Waals surface area contributed by atoms with Crippen LogP contribution in [0.25, 0.3) is 0 Å². The Morgan fingerprint density at radius 1 is 1.21 bits per heavy atom. The number of rotatable bonds is 2. The summed E-state index contributed by atoms with van der Waals surface area (Å²) >= 11 is 6.92. The third-order valence-corrected chi connectivity index (χ3v) is 4.03. The smallest absolute Gasteiger partial charge is 0.259 e. The van der Waals surface area contributed by atoms with Crippen LogP contribution >= 0.6 is 31.9 Å². The van der Waals surface area contributed by atoms with Crippen molar-refractivity contribution in [3.63, 3.8) is 0 Å². The molecule has 2 rings (SSSR count). The zero-order valence-electron chi connectivity index (χ0n) is 10.8. The monoisotopic (exact) mass is 385 g/mol. The van der Waals surface area contributed by atoms with Crippen molar-refractivity contribution in [1.82, 2.24) is 10.2 Å². The molecule has 100 valence electrons. The number of carbonyl (C=O) groups is 1. The molecule has 0 atom stereocenters. The van der Waals surface area contributed by atoms with Crippen molar-refractivity contribution in [2.24, 2.45) is 0 Å². The molecular weight excluding hydrogens is 374 g/mol. The van der Waals surface area contributed by atoms with E-state index in [0.717, 1.165) is 25.9 Å². The summed E-state index contributed by atoms with van der Waals surface area (Å²) in [7, 11) is 0. The van der Waals surface area contributed by atoms with Gasteiger partial charge in [0, 0.05) is 14.6 Å². The van der Waals surface area contributed by atoms with Gasteiger partial charge in [0.1, 0.15) is 0 Å². The summed E-state index contributed by atoms with van der Waals surface area (Å²) in [5.41, 5.74) is 3.85. The molecule has 1 amide bonds. The van der Waals surface area contributed by atoms with Crippen LogP contribution in [0.15, 0.2) is 21.1 Å². The molecule has 1 heterocycles. The predicted octanol–water partition coefficient (Wildman–Crippen LogP) is 4.11. The van der Waals surface area contributed by atoms with Crippen LogP contribution in [0.4, 0.5) is 5.69 Å². The van der Waals surface area contributed by atoms with Crippen molar-refractivity contribution in [2.45, 2.75) is 20.8 Å². The highest BCUT2D eigenvalue weighted by molar-refractivity contribution is 9.11. The molecule has 0 bridgehead atoms. The first kappa shape index (κ1) is 14.3. The van der Waals surface area contributed by atoms with E-state index in [1.807, 2.05) is 26.0 Å². The highest BCUT2D eigenvalue weighted by Gasteiger charge is 2.17. The molecule has 1 aromatic heterocycles. The summed E-state index contributed by atoms with van der Waals surface area (Å²) in [5.74, 6) is -0.172. The van der Waals surface area contributed by atoms with Crippen LogP contribution in [0.3, 0.4) is 0 Å². The van der Waals surface area contributed by atoms with Crippen molar-refractivity contribution in [3.05, 3.63) is 43.6 Å².